The van der Waals surface area contributed by atoms with Gasteiger partial charge in [0.2, 0.25) is 0 Å². The Hall–Kier alpha value is -0.930. The number of rotatable bonds is 3. The molecule has 2 atom stereocenters. The van der Waals surface area contributed by atoms with Crippen molar-refractivity contribution in [3.63, 3.8) is 0 Å². The highest BCUT2D eigenvalue weighted by molar-refractivity contribution is 5.69. The molecular weight excluding hydrogens is 156 g/mol. The second-order valence-electron chi connectivity index (χ2n) is 2.58. The van der Waals surface area contributed by atoms with Crippen LogP contribution in [0.1, 0.15) is 0 Å². The van der Waals surface area contributed by atoms with Gasteiger partial charge >= 0.3 is 0 Å². The third-order valence-electron chi connectivity index (χ3n) is 1.99. The van der Waals surface area contributed by atoms with E-state index in [1.54, 1.807) is 25.3 Å². The minimum absolute atomic E-state index is 0.329. The Morgan fingerprint density at radius 3 is 2.58 bits per heavy atom. The van der Waals surface area contributed by atoms with Crippen LogP contribution in [0.5, 0.6) is 0 Å². The number of methoxy groups -OCH3 is 2. The van der Waals surface area contributed by atoms with Crippen molar-refractivity contribution in [3.05, 3.63) is 24.3 Å². The van der Waals surface area contributed by atoms with Crippen LogP contribution in [0.3, 0.4) is 0 Å². The molecule has 0 heterocycles. The first kappa shape index (κ1) is 9.16. The fourth-order valence-corrected chi connectivity index (χ4v) is 1.22. The zero-order valence-electron chi connectivity index (χ0n) is 7.19. The van der Waals surface area contributed by atoms with E-state index >= 15 is 0 Å². The lowest BCUT2D eigenvalue weighted by Crippen LogP contribution is -2.45. The number of hydrogen-bond acceptors (Lipinski definition) is 3. The third-order valence-corrected chi connectivity index (χ3v) is 1.99. The molecule has 66 valence electrons. The molecule has 0 saturated carbocycles. The maximum Gasteiger partial charge on any atom is 0.171 e. The van der Waals surface area contributed by atoms with Gasteiger partial charge in [-0.25, -0.2) is 0 Å². The van der Waals surface area contributed by atoms with Gasteiger partial charge in [0.25, 0.3) is 0 Å². The summed E-state index contributed by atoms with van der Waals surface area (Å²) in [6.45, 7) is 0. The van der Waals surface area contributed by atoms with Crippen molar-refractivity contribution in [1.29, 1.82) is 0 Å². The zero-order valence-corrected chi connectivity index (χ0v) is 7.19. The Morgan fingerprint density at radius 1 is 1.42 bits per heavy atom. The Morgan fingerprint density at radius 2 is 2.17 bits per heavy atom. The number of ether oxygens (including phenoxy) is 2. The quantitative estimate of drug-likeness (QED) is 0.582. The molecule has 12 heavy (non-hydrogen) atoms. The number of carbonyl (C=O) groups is 1. The molecule has 0 spiro atoms. The molecule has 0 unspecified atom stereocenters. The summed E-state index contributed by atoms with van der Waals surface area (Å²) in [5.41, 5.74) is -0.941. The molecule has 0 bridgehead atoms. The largest absolute Gasteiger partial charge is 0.374 e. The normalized spacial score (nSPS) is 33.7. The van der Waals surface area contributed by atoms with Crippen LogP contribution < -0.4 is 0 Å². The fraction of sp³-hybridized carbons (Fsp3) is 0.444. The van der Waals surface area contributed by atoms with Gasteiger partial charge in [-0.1, -0.05) is 18.2 Å². The Kier molecular flexibility index (Phi) is 2.78. The smallest absolute Gasteiger partial charge is 0.171 e. The number of hydrogen-bond donors (Lipinski definition) is 0. The van der Waals surface area contributed by atoms with Gasteiger partial charge in [-0.3, -0.25) is 4.79 Å². The molecule has 0 aromatic carbocycles. The van der Waals surface area contributed by atoms with Crippen molar-refractivity contribution in [2.75, 3.05) is 14.2 Å². The van der Waals surface area contributed by atoms with E-state index in [-0.39, 0.29) is 6.10 Å². The van der Waals surface area contributed by atoms with Gasteiger partial charge in [0, 0.05) is 14.2 Å². The second kappa shape index (κ2) is 3.65. The van der Waals surface area contributed by atoms with E-state index < -0.39 is 5.60 Å². The van der Waals surface area contributed by atoms with Crippen molar-refractivity contribution in [2.45, 2.75) is 11.7 Å². The average molecular weight is 168 g/mol. The van der Waals surface area contributed by atoms with Crippen molar-refractivity contribution in [1.82, 2.24) is 0 Å². The van der Waals surface area contributed by atoms with Crippen LogP contribution in [0.2, 0.25) is 0 Å². The molecule has 0 saturated heterocycles. The van der Waals surface area contributed by atoms with Crippen molar-refractivity contribution >= 4 is 6.29 Å². The molecule has 0 aromatic heterocycles. The van der Waals surface area contributed by atoms with Crippen LogP contribution in [-0.4, -0.2) is 32.2 Å². The van der Waals surface area contributed by atoms with Crippen molar-refractivity contribution < 1.29 is 14.3 Å². The highest BCUT2D eigenvalue weighted by Gasteiger charge is 2.36. The Labute approximate surface area is 71.7 Å². The molecule has 3 heteroatoms. The summed E-state index contributed by atoms with van der Waals surface area (Å²) in [6.07, 6.45) is 7.50. The number of aldehydes is 1. The van der Waals surface area contributed by atoms with Gasteiger partial charge in [-0.15, -0.1) is 0 Å². The van der Waals surface area contributed by atoms with Crippen LogP contribution in [0, 0.1) is 0 Å². The van der Waals surface area contributed by atoms with E-state index in [0.29, 0.717) is 0 Å². The molecule has 0 amide bonds. The van der Waals surface area contributed by atoms with E-state index in [9.17, 15) is 4.79 Å². The maximum atomic E-state index is 10.8. The first-order valence-electron chi connectivity index (χ1n) is 3.69. The topological polar surface area (TPSA) is 35.5 Å². The molecule has 1 aliphatic carbocycles. The van der Waals surface area contributed by atoms with E-state index in [1.165, 1.54) is 7.11 Å². The SMILES string of the molecule is CO[C@@H]1C=CC=C[C@]1(C=O)OC. The lowest BCUT2D eigenvalue weighted by molar-refractivity contribution is -0.133. The van der Waals surface area contributed by atoms with Crippen molar-refractivity contribution in [2.24, 2.45) is 0 Å². The van der Waals surface area contributed by atoms with E-state index in [2.05, 4.69) is 0 Å². The molecule has 3 nitrogen and oxygen atoms in total. The minimum Gasteiger partial charge on any atom is -0.374 e. The van der Waals surface area contributed by atoms with Crippen LogP contribution in [0.15, 0.2) is 24.3 Å². The molecular formula is C9H12O3. The fourth-order valence-electron chi connectivity index (χ4n) is 1.22. The summed E-state index contributed by atoms with van der Waals surface area (Å²) in [4.78, 5) is 10.8. The molecule has 1 aliphatic rings. The summed E-state index contributed by atoms with van der Waals surface area (Å²) >= 11 is 0. The number of carbonyl (C=O) groups excluding carboxylic acids is 1. The third kappa shape index (κ3) is 1.33. The summed E-state index contributed by atoms with van der Waals surface area (Å²) in [6, 6.07) is 0. The first-order valence-corrected chi connectivity index (χ1v) is 3.69. The molecule has 1 rings (SSSR count). The molecule has 0 radical (unpaired) electrons. The van der Waals surface area contributed by atoms with Crippen LogP contribution in [-0.2, 0) is 14.3 Å². The average Bonchev–Trinajstić information content (AvgIpc) is 2.17. The highest BCUT2D eigenvalue weighted by atomic mass is 16.5. The van der Waals surface area contributed by atoms with Crippen LogP contribution in [0.25, 0.3) is 0 Å². The Bertz CT molecular complexity index is 220. The van der Waals surface area contributed by atoms with Gasteiger partial charge in [-0.05, 0) is 6.08 Å². The summed E-state index contributed by atoms with van der Waals surface area (Å²) in [7, 11) is 3.04. The van der Waals surface area contributed by atoms with Crippen molar-refractivity contribution in [3.8, 4) is 0 Å². The summed E-state index contributed by atoms with van der Waals surface area (Å²) < 4.78 is 10.2. The lowest BCUT2D eigenvalue weighted by atomic mass is 9.93. The monoisotopic (exact) mass is 168 g/mol. The summed E-state index contributed by atoms with van der Waals surface area (Å²) in [5.74, 6) is 0. The van der Waals surface area contributed by atoms with E-state index in [0.717, 1.165) is 6.29 Å². The van der Waals surface area contributed by atoms with Gasteiger partial charge in [0.1, 0.15) is 6.10 Å². The van der Waals surface area contributed by atoms with Crippen LogP contribution >= 0.6 is 0 Å². The first-order chi connectivity index (χ1) is 5.79. The molecule has 0 aromatic rings. The predicted octanol–water partition coefficient (Wildman–Crippen LogP) is 0.712. The lowest BCUT2D eigenvalue weighted by Gasteiger charge is -2.30. The highest BCUT2D eigenvalue weighted by Crippen LogP contribution is 2.21. The Balaban J connectivity index is 2.91. The molecule has 0 fully saturated rings. The van der Waals surface area contributed by atoms with Gasteiger partial charge in [-0.2, -0.15) is 0 Å². The minimum atomic E-state index is -0.941. The zero-order chi connectivity index (χ0) is 9.03. The number of allylic oxidation sites excluding steroid dienone is 2. The van der Waals surface area contributed by atoms with E-state index in [4.69, 9.17) is 9.47 Å². The van der Waals surface area contributed by atoms with Gasteiger partial charge < -0.3 is 9.47 Å². The van der Waals surface area contributed by atoms with Gasteiger partial charge in [0.05, 0.1) is 0 Å². The maximum absolute atomic E-state index is 10.8. The predicted molar refractivity (Wildman–Crippen MR) is 44.9 cm³/mol. The van der Waals surface area contributed by atoms with E-state index in [1.807, 2.05) is 6.08 Å². The van der Waals surface area contributed by atoms with Crippen LogP contribution in [0.4, 0.5) is 0 Å². The molecule has 0 N–H and O–H groups in total. The standard InChI is InChI=1S/C9H12O3/c1-11-8-5-3-4-6-9(8,7-10)12-2/h3-8H,1-2H3/t8-,9-/m1/s1. The molecule has 0 aliphatic heterocycles. The second-order valence-corrected chi connectivity index (χ2v) is 2.58. The summed E-state index contributed by atoms with van der Waals surface area (Å²) in [5, 5.41) is 0. The van der Waals surface area contributed by atoms with Gasteiger partial charge in [0.15, 0.2) is 11.9 Å².